The highest BCUT2D eigenvalue weighted by Gasteiger charge is 2.18. The quantitative estimate of drug-likeness (QED) is 0.390. The molecular formula is C28H29N3O3. The first-order valence-corrected chi connectivity index (χ1v) is 11.3. The first-order chi connectivity index (χ1) is 16.4. The number of H-pyrrole nitrogens is 1. The molecule has 0 atom stereocenters. The molecule has 6 nitrogen and oxygen atoms in total. The average Bonchev–Trinajstić information content (AvgIpc) is 2.83. The molecule has 0 bridgehead atoms. The fourth-order valence-electron chi connectivity index (χ4n) is 4.14. The molecule has 0 fully saturated rings. The van der Waals surface area contributed by atoms with E-state index in [1.54, 1.807) is 24.1 Å². The van der Waals surface area contributed by atoms with Crippen LogP contribution in [0.2, 0.25) is 0 Å². The fourth-order valence-corrected chi connectivity index (χ4v) is 4.14. The summed E-state index contributed by atoms with van der Waals surface area (Å²) >= 11 is 0. The third-order valence-corrected chi connectivity index (χ3v) is 5.90. The van der Waals surface area contributed by atoms with Gasteiger partial charge in [-0.05, 0) is 61.2 Å². The number of benzene rings is 3. The maximum atomic E-state index is 13.3. The van der Waals surface area contributed by atoms with Gasteiger partial charge in [0.25, 0.3) is 5.56 Å². The van der Waals surface area contributed by atoms with Crippen LogP contribution in [0, 0.1) is 13.8 Å². The number of urea groups is 1. The van der Waals surface area contributed by atoms with Crippen LogP contribution in [0.4, 0.5) is 10.5 Å². The fraction of sp³-hybridized carbons (Fsp3) is 0.214. The smallest absolute Gasteiger partial charge is 0.322 e. The van der Waals surface area contributed by atoms with E-state index in [0.717, 1.165) is 27.6 Å². The number of hydrogen-bond donors (Lipinski definition) is 2. The lowest BCUT2D eigenvalue weighted by Crippen LogP contribution is -2.37. The minimum atomic E-state index is -0.291. The summed E-state index contributed by atoms with van der Waals surface area (Å²) in [7, 11) is 1.57. The molecule has 34 heavy (non-hydrogen) atoms. The molecule has 0 aliphatic carbocycles. The number of ether oxygens (including phenoxy) is 1. The van der Waals surface area contributed by atoms with E-state index < -0.39 is 0 Å². The molecule has 0 saturated heterocycles. The van der Waals surface area contributed by atoms with E-state index in [1.807, 2.05) is 68.4 Å². The first kappa shape index (κ1) is 23.1. The minimum absolute atomic E-state index is 0.187. The van der Waals surface area contributed by atoms with Crippen molar-refractivity contribution >= 4 is 22.6 Å². The number of methoxy groups -OCH3 is 1. The Hall–Kier alpha value is -4.06. The van der Waals surface area contributed by atoms with Crippen molar-refractivity contribution in [1.29, 1.82) is 0 Å². The number of carbonyl (C=O) groups is 1. The Morgan fingerprint density at radius 3 is 2.50 bits per heavy atom. The second-order valence-electron chi connectivity index (χ2n) is 8.45. The standard InChI is InChI=1S/C28H29N3O3/c1-19-15-20(2)23-17-22(27(32)29-25(23)16-19)18-31(14-13-21-9-5-4-6-10-21)28(33)30-24-11-7-8-12-26(24)34-3/h4-12,15-17H,13-14,18H2,1-3H3,(H,29,32)(H,30,33). The van der Waals surface area contributed by atoms with Gasteiger partial charge in [0.05, 0.1) is 19.3 Å². The van der Waals surface area contributed by atoms with Crippen LogP contribution in [0.5, 0.6) is 5.75 Å². The van der Waals surface area contributed by atoms with Crippen LogP contribution in [-0.4, -0.2) is 29.6 Å². The number of para-hydroxylation sites is 2. The number of aromatic nitrogens is 1. The molecule has 1 heterocycles. The summed E-state index contributed by atoms with van der Waals surface area (Å²) < 4.78 is 5.38. The summed E-state index contributed by atoms with van der Waals surface area (Å²) in [5.74, 6) is 0.577. The average molecular weight is 456 g/mol. The van der Waals surface area contributed by atoms with E-state index in [1.165, 1.54) is 0 Å². The molecule has 174 valence electrons. The molecule has 4 aromatic rings. The Morgan fingerprint density at radius 2 is 1.74 bits per heavy atom. The predicted molar refractivity (Wildman–Crippen MR) is 137 cm³/mol. The number of pyridine rings is 1. The largest absolute Gasteiger partial charge is 0.495 e. The van der Waals surface area contributed by atoms with E-state index in [0.29, 0.717) is 30.0 Å². The van der Waals surface area contributed by atoms with Crippen molar-refractivity contribution in [2.75, 3.05) is 19.0 Å². The third kappa shape index (κ3) is 5.29. The van der Waals surface area contributed by atoms with Gasteiger partial charge in [0.1, 0.15) is 5.75 Å². The second-order valence-corrected chi connectivity index (χ2v) is 8.45. The summed E-state index contributed by atoms with van der Waals surface area (Å²) in [6.45, 7) is 4.67. The van der Waals surface area contributed by atoms with Gasteiger partial charge in [0.2, 0.25) is 0 Å². The van der Waals surface area contributed by atoms with Crippen LogP contribution in [-0.2, 0) is 13.0 Å². The van der Waals surface area contributed by atoms with E-state index in [4.69, 9.17) is 4.74 Å². The lowest BCUT2D eigenvalue weighted by atomic mass is 10.0. The number of rotatable bonds is 7. The Kier molecular flexibility index (Phi) is 6.97. The summed E-state index contributed by atoms with van der Waals surface area (Å²) in [6, 6.07) is 22.9. The maximum absolute atomic E-state index is 13.3. The number of aryl methyl sites for hydroxylation is 2. The van der Waals surface area contributed by atoms with Gasteiger partial charge in [-0.2, -0.15) is 0 Å². The molecule has 0 unspecified atom stereocenters. The lowest BCUT2D eigenvalue weighted by Gasteiger charge is -2.24. The van der Waals surface area contributed by atoms with Gasteiger partial charge in [-0.15, -0.1) is 0 Å². The summed E-state index contributed by atoms with van der Waals surface area (Å²) in [5, 5.41) is 3.92. The van der Waals surface area contributed by atoms with Crippen molar-refractivity contribution in [3.63, 3.8) is 0 Å². The zero-order chi connectivity index (χ0) is 24.1. The number of aromatic amines is 1. The molecule has 0 radical (unpaired) electrons. The number of amides is 2. The molecule has 0 aliphatic heterocycles. The number of fused-ring (bicyclic) bond motifs is 1. The molecule has 0 spiro atoms. The topological polar surface area (TPSA) is 74.4 Å². The summed E-state index contributed by atoms with van der Waals surface area (Å²) in [5.41, 5.74) is 5.04. The first-order valence-electron chi connectivity index (χ1n) is 11.3. The maximum Gasteiger partial charge on any atom is 0.322 e. The summed E-state index contributed by atoms with van der Waals surface area (Å²) in [4.78, 5) is 30.9. The minimum Gasteiger partial charge on any atom is -0.495 e. The van der Waals surface area contributed by atoms with E-state index in [2.05, 4.69) is 16.4 Å². The highest BCUT2D eigenvalue weighted by Crippen LogP contribution is 2.24. The number of anilines is 1. The molecule has 6 heteroatoms. The Balaban J connectivity index is 1.64. The van der Waals surface area contributed by atoms with E-state index in [9.17, 15) is 9.59 Å². The van der Waals surface area contributed by atoms with Gasteiger partial charge >= 0.3 is 6.03 Å². The van der Waals surface area contributed by atoms with Crippen molar-refractivity contribution < 1.29 is 9.53 Å². The van der Waals surface area contributed by atoms with Gasteiger partial charge in [-0.3, -0.25) is 4.79 Å². The molecule has 1 aromatic heterocycles. The van der Waals surface area contributed by atoms with Gasteiger partial charge in [0, 0.05) is 23.0 Å². The van der Waals surface area contributed by atoms with Gasteiger partial charge in [0.15, 0.2) is 0 Å². The molecule has 0 saturated carbocycles. The zero-order valence-corrected chi connectivity index (χ0v) is 19.7. The second kappa shape index (κ2) is 10.3. The van der Waals surface area contributed by atoms with Crippen molar-refractivity contribution in [1.82, 2.24) is 9.88 Å². The van der Waals surface area contributed by atoms with Crippen molar-refractivity contribution in [2.45, 2.75) is 26.8 Å². The van der Waals surface area contributed by atoms with Crippen LogP contribution in [0.25, 0.3) is 10.9 Å². The van der Waals surface area contributed by atoms with Crippen LogP contribution in [0.1, 0.15) is 22.3 Å². The van der Waals surface area contributed by atoms with Crippen LogP contribution >= 0.6 is 0 Å². The number of nitrogens with zero attached hydrogens (tertiary/aromatic N) is 1. The van der Waals surface area contributed by atoms with E-state index in [-0.39, 0.29) is 18.1 Å². The number of carbonyl (C=O) groups excluding carboxylic acids is 1. The van der Waals surface area contributed by atoms with Crippen LogP contribution in [0.3, 0.4) is 0 Å². The lowest BCUT2D eigenvalue weighted by molar-refractivity contribution is 0.209. The van der Waals surface area contributed by atoms with Crippen LogP contribution in [0.15, 0.2) is 77.6 Å². The highest BCUT2D eigenvalue weighted by atomic mass is 16.5. The summed E-state index contributed by atoms with van der Waals surface area (Å²) in [6.07, 6.45) is 0.671. The predicted octanol–water partition coefficient (Wildman–Crippen LogP) is 5.43. The molecule has 0 aliphatic rings. The van der Waals surface area contributed by atoms with Gasteiger partial charge in [-0.25, -0.2) is 4.79 Å². The zero-order valence-electron chi connectivity index (χ0n) is 19.7. The third-order valence-electron chi connectivity index (χ3n) is 5.90. The molecule has 2 amide bonds. The normalized spacial score (nSPS) is 10.8. The van der Waals surface area contributed by atoms with E-state index >= 15 is 0 Å². The monoisotopic (exact) mass is 455 g/mol. The Morgan fingerprint density at radius 1 is 1.00 bits per heavy atom. The Bertz CT molecular complexity index is 1360. The number of hydrogen-bond acceptors (Lipinski definition) is 3. The number of nitrogens with one attached hydrogen (secondary N) is 2. The highest BCUT2D eigenvalue weighted by molar-refractivity contribution is 5.91. The molecular weight excluding hydrogens is 426 g/mol. The van der Waals surface area contributed by atoms with Crippen molar-refractivity contribution in [2.24, 2.45) is 0 Å². The van der Waals surface area contributed by atoms with Gasteiger partial charge < -0.3 is 19.9 Å². The molecule has 4 rings (SSSR count). The van der Waals surface area contributed by atoms with Crippen molar-refractivity contribution in [3.8, 4) is 5.75 Å². The van der Waals surface area contributed by atoms with Crippen molar-refractivity contribution in [3.05, 3.63) is 105 Å². The Labute approximate surface area is 199 Å². The van der Waals surface area contributed by atoms with Crippen LogP contribution < -0.4 is 15.6 Å². The molecule has 3 aromatic carbocycles. The SMILES string of the molecule is COc1ccccc1NC(=O)N(CCc1ccccc1)Cc1cc2c(C)cc(C)cc2[nH]c1=O. The molecule has 2 N–H and O–H groups in total. The van der Waals surface area contributed by atoms with Gasteiger partial charge in [-0.1, -0.05) is 48.5 Å².